The topological polar surface area (TPSA) is 67.4 Å². The summed E-state index contributed by atoms with van der Waals surface area (Å²) in [6.45, 7) is 3.43. The number of carbonyl (C=O) groups is 2. The summed E-state index contributed by atoms with van der Waals surface area (Å²) in [5.74, 6) is -0.511. The zero-order valence-electron chi connectivity index (χ0n) is 11.7. The first kappa shape index (κ1) is 17.1. The van der Waals surface area contributed by atoms with E-state index in [-0.39, 0.29) is 18.3 Å². The van der Waals surface area contributed by atoms with Gasteiger partial charge >= 0.3 is 5.97 Å². The van der Waals surface area contributed by atoms with Gasteiger partial charge in [0.15, 0.2) is 0 Å². The predicted molar refractivity (Wildman–Crippen MR) is 75.0 cm³/mol. The molecule has 2 N–H and O–H groups in total. The van der Waals surface area contributed by atoms with Gasteiger partial charge in [0.05, 0.1) is 13.5 Å². The van der Waals surface area contributed by atoms with Crippen LogP contribution in [0.15, 0.2) is 30.3 Å². The Morgan fingerprint density at radius 1 is 1.21 bits per heavy atom. The van der Waals surface area contributed by atoms with Crippen molar-refractivity contribution >= 4 is 11.9 Å². The van der Waals surface area contributed by atoms with E-state index in [2.05, 4.69) is 22.3 Å². The zero-order valence-corrected chi connectivity index (χ0v) is 11.7. The van der Waals surface area contributed by atoms with Gasteiger partial charge in [0.25, 0.3) is 5.91 Å². The second kappa shape index (κ2) is 11.2. The summed E-state index contributed by atoms with van der Waals surface area (Å²) in [7, 11) is 3.25. The van der Waals surface area contributed by atoms with E-state index in [0.29, 0.717) is 12.1 Å². The molecule has 0 heterocycles. The van der Waals surface area contributed by atoms with Crippen LogP contribution in [0.1, 0.15) is 23.7 Å². The third kappa shape index (κ3) is 8.79. The maximum absolute atomic E-state index is 11.5. The average molecular weight is 266 g/mol. The van der Waals surface area contributed by atoms with Gasteiger partial charge in [0.2, 0.25) is 0 Å². The quantitative estimate of drug-likeness (QED) is 0.786. The van der Waals surface area contributed by atoms with E-state index >= 15 is 0 Å². The third-order valence-electron chi connectivity index (χ3n) is 2.23. The lowest BCUT2D eigenvalue weighted by Crippen LogP contribution is -2.26. The normalized spacial score (nSPS) is 9.00. The largest absolute Gasteiger partial charge is 0.469 e. The molecule has 5 nitrogen and oxygen atoms in total. The number of hydrogen-bond donors (Lipinski definition) is 2. The Morgan fingerprint density at radius 2 is 1.79 bits per heavy atom. The molecule has 1 aromatic rings. The summed E-state index contributed by atoms with van der Waals surface area (Å²) in [5.41, 5.74) is 0.586. The lowest BCUT2D eigenvalue weighted by atomic mass is 10.2. The summed E-state index contributed by atoms with van der Waals surface area (Å²) in [5, 5.41) is 5.55. The zero-order chi connectivity index (χ0) is 14.5. The van der Waals surface area contributed by atoms with Crippen molar-refractivity contribution in [1.29, 1.82) is 0 Å². The molecule has 0 aliphatic carbocycles. The number of esters is 1. The van der Waals surface area contributed by atoms with Crippen LogP contribution in [0.3, 0.4) is 0 Å². The van der Waals surface area contributed by atoms with Crippen molar-refractivity contribution in [3.05, 3.63) is 35.9 Å². The van der Waals surface area contributed by atoms with Crippen molar-refractivity contribution in [3.63, 3.8) is 0 Å². The minimum absolute atomic E-state index is 0.181. The molecule has 0 spiro atoms. The van der Waals surface area contributed by atoms with Crippen LogP contribution in [-0.2, 0) is 9.53 Å². The van der Waals surface area contributed by atoms with Gasteiger partial charge < -0.3 is 15.4 Å². The van der Waals surface area contributed by atoms with Gasteiger partial charge in [-0.05, 0) is 25.7 Å². The maximum Gasteiger partial charge on any atom is 0.307 e. The Hall–Kier alpha value is -1.88. The van der Waals surface area contributed by atoms with Crippen LogP contribution in [0.25, 0.3) is 0 Å². The number of rotatable bonds is 5. The van der Waals surface area contributed by atoms with Crippen molar-refractivity contribution in [1.82, 2.24) is 10.6 Å². The lowest BCUT2D eigenvalue weighted by Gasteiger charge is -2.03. The van der Waals surface area contributed by atoms with Gasteiger partial charge in [-0.2, -0.15) is 0 Å². The Morgan fingerprint density at radius 3 is 2.26 bits per heavy atom. The van der Waals surface area contributed by atoms with Crippen LogP contribution in [0.2, 0.25) is 0 Å². The molecule has 1 aromatic carbocycles. The first-order valence-electron chi connectivity index (χ1n) is 6.20. The average Bonchev–Trinajstić information content (AvgIpc) is 2.48. The van der Waals surface area contributed by atoms with Gasteiger partial charge in [0, 0.05) is 12.1 Å². The van der Waals surface area contributed by atoms with Crippen LogP contribution in [-0.4, -0.2) is 39.1 Å². The number of carbonyl (C=O) groups excluding carboxylic acids is 2. The Bertz CT molecular complexity index is 364. The van der Waals surface area contributed by atoms with Crippen molar-refractivity contribution in [3.8, 4) is 0 Å². The summed E-state index contributed by atoms with van der Waals surface area (Å²) in [4.78, 5) is 22.2. The van der Waals surface area contributed by atoms with Gasteiger partial charge in [-0.25, -0.2) is 0 Å². The molecule has 0 bridgehead atoms. The van der Waals surface area contributed by atoms with Crippen molar-refractivity contribution < 1.29 is 14.3 Å². The number of methoxy groups -OCH3 is 1. The molecule has 0 aliphatic heterocycles. The highest BCUT2D eigenvalue weighted by molar-refractivity contribution is 5.94. The van der Waals surface area contributed by atoms with Gasteiger partial charge in [0.1, 0.15) is 0 Å². The summed E-state index contributed by atoms with van der Waals surface area (Å²) >= 11 is 0. The third-order valence-corrected chi connectivity index (χ3v) is 2.23. The van der Waals surface area contributed by atoms with E-state index in [1.54, 1.807) is 24.3 Å². The monoisotopic (exact) mass is 266 g/mol. The van der Waals surface area contributed by atoms with Gasteiger partial charge in [-0.15, -0.1) is 0 Å². The number of amides is 1. The van der Waals surface area contributed by atoms with E-state index in [1.807, 2.05) is 13.1 Å². The fraction of sp³-hybridized carbons (Fsp3) is 0.429. The van der Waals surface area contributed by atoms with E-state index in [1.165, 1.54) is 7.11 Å². The smallest absolute Gasteiger partial charge is 0.307 e. The minimum Gasteiger partial charge on any atom is -0.469 e. The summed E-state index contributed by atoms with van der Waals surface area (Å²) in [6, 6.07) is 8.84. The second-order valence-electron chi connectivity index (χ2n) is 3.66. The summed E-state index contributed by atoms with van der Waals surface area (Å²) < 4.78 is 4.45. The molecule has 0 atom stereocenters. The molecule has 0 fully saturated rings. The molecule has 1 amide bonds. The number of ether oxygens (including phenoxy) is 1. The second-order valence-corrected chi connectivity index (χ2v) is 3.66. The van der Waals surface area contributed by atoms with Gasteiger partial charge in [-0.1, -0.05) is 25.1 Å². The first-order valence-corrected chi connectivity index (χ1v) is 6.20. The SMILES string of the molecule is CCNC.COC(=O)CCNC(=O)c1ccccc1. The summed E-state index contributed by atoms with van der Waals surface area (Å²) in [6.07, 6.45) is 0.190. The predicted octanol–water partition coefficient (Wildman–Crippen LogP) is 1.21. The molecule has 0 unspecified atom stereocenters. The molecular weight excluding hydrogens is 244 g/mol. The van der Waals surface area contributed by atoms with Crippen molar-refractivity contribution in [2.45, 2.75) is 13.3 Å². The Balaban J connectivity index is 0.000000711. The van der Waals surface area contributed by atoms with Crippen LogP contribution in [0.4, 0.5) is 0 Å². The molecule has 106 valence electrons. The standard InChI is InChI=1S/C11H13NO3.C3H9N/c1-15-10(13)7-8-12-11(14)9-5-3-2-4-6-9;1-3-4-2/h2-6H,7-8H2,1H3,(H,12,14);4H,3H2,1-2H3. The molecule has 19 heavy (non-hydrogen) atoms. The number of benzene rings is 1. The minimum atomic E-state index is -0.330. The molecule has 0 aliphatic rings. The van der Waals surface area contributed by atoms with E-state index in [9.17, 15) is 9.59 Å². The van der Waals surface area contributed by atoms with E-state index in [0.717, 1.165) is 6.54 Å². The maximum atomic E-state index is 11.5. The lowest BCUT2D eigenvalue weighted by molar-refractivity contribution is -0.140. The molecule has 0 saturated carbocycles. The van der Waals surface area contributed by atoms with E-state index in [4.69, 9.17) is 0 Å². The van der Waals surface area contributed by atoms with Crippen LogP contribution in [0.5, 0.6) is 0 Å². The molecule has 5 heteroatoms. The highest BCUT2D eigenvalue weighted by atomic mass is 16.5. The molecule has 0 aromatic heterocycles. The highest BCUT2D eigenvalue weighted by Crippen LogP contribution is 1.97. The molecular formula is C14H22N2O3. The van der Waals surface area contributed by atoms with Crippen LogP contribution < -0.4 is 10.6 Å². The van der Waals surface area contributed by atoms with Crippen LogP contribution >= 0.6 is 0 Å². The van der Waals surface area contributed by atoms with Crippen molar-refractivity contribution in [2.75, 3.05) is 27.2 Å². The fourth-order valence-electron chi connectivity index (χ4n) is 1.07. The molecule has 0 radical (unpaired) electrons. The highest BCUT2D eigenvalue weighted by Gasteiger charge is 2.05. The first-order chi connectivity index (χ1) is 9.15. The van der Waals surface area contributed by atoms with Gasteiger partial charge in [-0.3, -0.25) is 9.59 Å². The fourth-order valence-corrected chi connectivity index (χ4v) is 1.07. The Labute approximate surface area is 114 Å². The molecule has 0 saturated heterocycles. The number of hydrogen-bond acceptors (Lipinski definition) is 4. The number of nitrogens with one attached hydrogen (secondary N) is 2. The Kier molecular flexibility index (Phi) is 10.1. The van der Waals surface area contributed by atoms with Crippen molar-refractivity contribution in [2.24, 2.45) is 0 Å². The van der Waals surface area contributed by atoms with E-state index < -0.39 is 0 Å². The van der Waals surface area contributed by atoms with Crippen LogP contribution in [0, 0.1) is 0 Å². The molecule has 1 rings (SSSR count).